The Morgan fingerprint density at radius 2 is 1.89 bits per heavy atom. The molecule has 106 valence electrons. The van der Waals surface area contributed by atoms with E-state index in [1.807, 2.05) is 0 Å². The Balaban J connectivity index is 1.75. The lowest BCUT2D eigenvalue weighted by molar-refractivity contribution is 0.0242. The lowest BCUT2D eigenvalue weighted by atomic mass is 9.87. The molecule has 3 heteroatoms. The number of hydrogen-bond donors (Lipinski definition) is 1. The van der Waals surface area contributed by atoms with Crippen LogP contribution < -0.4 is 0 Å². The third-order valence-corrected chi connectivity index (χ3v) is 5.01. The van der Waals surface area contributed by atoms with Gasteiger partial charge in [-0.2, -0.15) is 0 Å². The highest BCUT2D eigenvalue weighted by Crippen LogP contribution is 2.41. The van der Waals surface area contributed by atoms with E-state index in [0.717, 1.165) is 19.1 Å². The molecule has 2 atom stereocenters. The molecule has 2 aliphatic rings. The van der Waals surface area contributed by atoms with Gasteiger partial charge in [0, 0.05) is 20.3 Å². The molecule has 0 aromatic carbocycles. The quantitative estimate of drug-likeness (QED) is 0.835. The Kier molecular flexibility index (Phi) is 4.68. The van der Waals surface area contributed by atoms with Crippen molar-refractivity contribution in [1.82, 2.24) is 4.90 Å². The second-order valence-corrected chi connectivity index (χ2v) is 6.93. The van der Waals surface area contributed by atoms with Crippen molar-refractivity contribution in [2.24, 2.45) is 17.3 Å². The molecule has 2 unspecified atom stereocenters. The number of piperidine rings is 1. The first-order chi connectivity index (χ1) is 8.53. The van der Waals surface area contributed by atoms with E-state index in [1.54, 1.807) is 7.11 Å². The number of rotatable bonds is 4. The lowest BCUT2D eigenvalue weighted by Gasteiger charge is -2.35. The van der Waals surface area contributed by atoms with Crippen molar-refractivity contribution in [2.45, 2.75) is 45.6 Å². The van der Waals surface area contributed by atoms with Crippen LogP contribution in [-0.2, 0) is 4.74 Å². The van der Waals surface area contributed by atoms with E-state index in [4.69, 9.17) is 4.74 Å². The molecule has 0 aromatic heterocycles. The van der Waals surface area contributed by atoms with E-state index in [-0.39, 0.29) is 11.5 Å². The van der Waals surface area contributed by atoms with Gasteiger partial charge in [0.2, 0.25) is 0 Å². The fourth-order valence-corrected chi connectivity index (χ4v) is 3.60. The third-order valence-electron chi connectivity index (χ3n) is 5.01. The van der Waals surface area contributed by atoms with Crippen molar-refractivity contribution < 1.29 is 9.84 Å². The average molecular weight is 255 g/mol. The molecule has 1 saturated carbocycles. The van der Waals surface area contributed by atoms with Gasteiger partial charge in [-0.1, -0.05) is 13.8 Å². The van der Waals surface area contributed by atoms with E-state index in [2.05, 4.69) is 18.7 Å². The summed E-state index contributed by atoms with van der Waals surface area (Å²) in [5.74, 6) is 1.23. The van der Waals surface area contributed by atoms with Crippen molar-refractivity contribution in [2.75, 3.05) is 33.4 Å². The molecule has 18 heavy (non-hydrogen) atoms. The van der Waals surface area contributed by atoms with Crippen LogP contribution in [-0.4, -0.2) is 49.5 Å². The van der Waals surface area contributed by atoms with Gasteiger partial charge in [0.1, 0.15) is 0 Å². The Morgan fingerprint density at radius 3 is 2.39 bits per heavy atom. The SMILES string of the molecule is COCC1CCN(CC2CCC(C)(C)C2O)CC1. The molecule has 0 bridgehead atoms. The molecular formula is C15H29NO2. The van der Waals surface area contributed by atoms with Crippen LogP contribution in [0.4, 0.5) is 0 Å². The predicted molar refractivity (Wildman–Crippen MR) is 73.6 cm³/mol. The zero-order valence-corrected chi connectivity index (χ0v) is 12.2. The molecule has 1 saturated heterocycles. The van der Waals surface area contributed by atoms with Gasteiger partial charge < -0.3 is 14.7 Å². The first-order valence-corrected chi connectivity index (χ1v) is 7.42. The predicted octanol–water partition coefficient (Wildman–Crippen LogP) is 2.14. The van der Waals surface area contributed by atoms with Gasteiger partial charge in [0.25, 0.3) is 0 Å². The van der Waals surface area contributed by atoms with E-state index < -0.39 is 0 Å². The minimum Gasteiger partial charge on any atom is -0.392 e. The summed E-state index contributed by atoms with van der Waals surface area (Å²) in [6.07, 6.45) is 4.74. The number of hydrogen-bond acceptors (Lipinski definition) is 3. The van der Waals surface area contributed by atoms with Crippen molar-refractivity contribution in [3.05, 3.63) is 0 Å². The molecule has 3 nitrogen and oxygen atoms in total. The molecule has 0 amide bonds. The Labute approximate surface area is 112 Å². The van der Waals surface area contributed by atoms with Crippen LogP contribution in [0.25, 0.3) is 0 Å². The number of methoxy groups -OCH3 is 1. The van der Waals surface area contributed by atoms with Gasteiger partial charge in [0.15, 0.2) is 0 Å². The van der Waals surface area contributed by atoms with Crippen molar-refractivity contribution in [3.8, 4) is 0 Å². The maximum Gasteiger partial charge on any atom is 0.0631 e. The number of ether oxygens (including phenoxy) is 1. The largest absolute Gasteiger partial charge is 0.392 e. The molecule has 1 aliphatic heterocycles. The number of aliphatic hydroxyl groups excluding tert-OH is 1. The average Bonchev–Trinajstić information content (AvgIpc) is 2.59. The molecule has 1 N–H and O–H groups in total. The standard InChI is InChI=1S/C15H29NO2/c1-15(2)7-4-13(14(15)17)10-16-8-5-12(6-9-16)11-18-3/h12-14,17H,4-11H2,1-3H3. The highest BCUT2D eigenvalue weighted by Gasteiger charge is 2.41. The second-order valence-electron chi connectivity index (χ2n) is 6.93. The number of nitrogens with zero attached hydrogens (tertiary/aromatic N) is 1. The summed E-state index contributed by atoms with van der Waals surface area (Å²) >= 11 is 0. The van der Waals surface area contributed by atoms with Gasteiger partial charge in [-0.3, -0.25) is 0 Å². The van der Waals surface area contributed by atoms with E-state index >= 15 is 0 Å². The van der Waals surface area contributed by atoms with Gasteiger partial charge in [-0.15, -0.1) is 0 Å². The van der Waals surface area contributed by atoms with Crippen LogP contribution in [0.1, 0.15) is 39.5 Å². The van der Waals surface area contributed by atoms with Crippen LogP contribution in [0.5, 0.6) is 0 Å². The zero-order valence-electron chi connectivity index (χ0n) is 12.2. The van der Waals surface area contributed by atoms with Crippen molar-refractivity contribution in [3.63, 3.8) is 0 Å². The number of aliphatic hydroxyl groups is 1. The zero-order chi connectivity index (χ0) is 13.2. The molecule has 0 radical (unpaired) electrons. The summed E-state index contributed by atoms with van der Waals surface area (Å²) in [7, 11) is 1.79. The molecule has 1 aliphatic carbocycles. The van der Waals surface area contributed by atoms with E-state index in [1.165, 1.54) is 38.8 Å². The summed E-state index contributed by atoms with van der Waals surface area (Å²) < 4.78 is 5.24. The summed E-state index contributed by atoms with van der Waals surface area (Å²) in [5, 5.41) is 10.3. The first kappa shape index (κ1) is 14.3. The molecule has 2 rings (SSSR count). The van der Waals surface area contributed by atoms with Crippen LogP contribution in [0.3, 0.4) is 0 Å². The molecular weight excluding hydrogens is 226 g/mol. The summed E-state index contributed by atoms with van der Waals surface area (Å²) in [6, 6.07) is 0. The molecule has 2 fully saturated rings. The van der Waals surface area contributed by atoms with Crippen molar-refractivity contribution >= 4 is 0 Å². The van der Waals surface area contributed by atoms with Crippen molar-refractivity contribution in [1.29, 1.82) is 0 Å². The lowest BCUT2D eigenvalue weighted by Crippen LogP contribution is -2.41. The van der Waals surface area contributed by atoms with Crippen LogP contribution >= 0.6 is 0 Å². The summed E-state index contributed by atoms with van der Waals surface area (Å²) in [5.41, 5.74) is 0.124. The van der Waals surface area contributed by atoms with Crippen LogP contribution in [0.15, 0.2) is 0 Å². The topological polar surface area (TPSA) is 32.7 Å². The Morgan fingerprint density at radius 1 is 1.22 bits per heavy atom. The number of likely N-dealkylation sites (tertiary alicyclic amines) is 1. The highest BCUT2D eigenvalue weighted by atomic mass is 16.5. The molecule has 0 spiro atoms. The monoisotopic (exact) mass is 255 g/mol. The fourth-order valence-electron chi connectivity index (χ4n) is 3.60. The first-order valence-electron chi connectivity index (χ1n) is 7.42. The van der Waals surface area contributed by atoms with Crippen LogP contribution in [0, 0.1) is 17.3 Å². The second kappa shape index (κ2) is 5.89. The van der Waals surface area contributed by atoms with Gasteiger partial charge in [-0.25, -0.2) is 0 Å². The van der Waals surface area contributed by atoms with Gasteiger partial charge >= 0.3 is 0 Å². The Hall–Kier alpha value is -0.120. The fraction of sp³-hybridized carbons (Fsp3) is 1.00. The van der Waals surface area contributed by atoms with Crippen LogP contribution in [0.2, 0.25) is 0 Å². The third kappa shape index (κ3) is 3.25. The van der Waals surface area contributed by atoms with E-state index in [0.29, 0.717) is 5.92 Å². The minimum atomic E-state index is -0.116. The smallest absolute Gasteiger partial charge is 0.0631 e. The minimum absolute atomic E-state index is 0.116. The van der Waals surface area contributed by atoms with E-state index in [9.17, 15) is 5.11 Å². The summed E-state index contributed by atoms with van der Waals surface area (Å²) in [6.45, 7) is 8.75. The maximum atomic E-state index is 10.3. The maximum absolute atomic E-state index is 10.3. The highest BCUT2D eigenvalue weighted by molar-refractivity contribution is 4.92. The van der Waals surface area contributed by atoms with Gasteiger partial charge in [-0.05, 0) is 56.0 Å². The molecule has 1 heterocycles. The molecule has 0 aromatic rings. The van der Waals surface area contributed by atoms with Gasteiger partial charge in [0.05, 0.1) is 6.10 Å². The summed E-state index contributed by atoms with van der Waals surface area (Å²) in [4.78, 5) is 2.54. The Bertz CT molecular complexity index is 259. The normalized spacial score (nSPS) is 34.0.